The molecule has 0 radical (unpaired) electrons. The molecular formula is C32H29F3N2O4. The smallest absolute Gasteiger partial charge is 0.416 e. The predicted octanol–water partition coefficient (Wildman–Crippen LogP) is 6.37. The highest BCUT2D eigenvalue weighted by Crippen LogP contribution is 2.45. The van der Waals surface area contributed by atoms with Crippen LogP contribution in [0.5, 0.6) is 5.75 Å². The largest absolute Gasteiger partial charge is 0.493 e. The zero-order valence-corrected chi connectivity index (χ0v) is 22.3. The maximum absolute atomic E-state index is 13.1. The van der Waals surface area contributed by atoms with Crippen molar-refractivity contribution in [3.8, 4) is 5.75 Å². The second kappa shape index (κ2) is 11.2. The van der Waals surface area contributed by atoms with Crippen LogP contribution in [0, 0.1) is 5.41 Å². The number of allylic oxidation sites excluding steroid dienone is 2. The number of halogens is 3. The van der Waals surface area contributed by atoms with Crippen LogP contribution in [0.15, 0.2) is 85.0 Å². The molecule has 1 aliphatic carbocycles. The van der Waals surface area contributed by atoms with Gasteiger partial charge in [0.15, 0.2) is 0 Å². The summed E-state index contributed by atoms with van der Waals surface area (Å²) in [6, 6.07) is 17.2. The van der Waals surface area contributed by atoms with Gasteiger partial charge in [-0.05, 0) is 65.9 Å². The first-order valence-electron chi connectivity index (χ1n) is 13.2. The molecule has 1 fully saturated rings. The fraction of sp³-hybridized carbons (Fsp3) is 0.250. The summed E-state index contributed by atoms with van der Waals surface area (Å²) >= 11 is 0. The molecule has 1 atom stereocenters. The molecule has 2 aliphatic rings. The third-order valence-corrected chi connectivity index (χ3v) is 7.28. The Morgan fingerprint density at radius 1 is 1.07 bits per heavy atom. The van der Waals surface area contributed by atoms with E-state index < -0.39 is 29.7 Å². The number of hydrogen-bond donors (Lipinski definition) is 3. The van der Waals surface area contributed by atoms with Crippen molar-refractivity contribution in [2.24, 2.45) is 5.41 Å². The summed E-state index contributed by atoms with van der Waals surface area (Å²) in [6.07, 6.45) is 1.16. The Bertz CT molecular complexity index is 1510. The molecule has 212 valence electrons. The molecule has 9 heteroatoms. The van der Waals surface area contributed by atoms with E-state index in [0.29, 0.717) is 40.4 Å². The Morgan fingerprint density at radius 3 is 2.37 bits per heavy atom. The normalized spacial score (nSPS) is 18.0. The minimum Gasteiger partial charge on any atom is -0.493 e. The summed E-state index contributed by atoms with van der Waals surface area (Å²) in [5.41, 5.74) is 2.96. The summed E-state index contributed by atoms with van der Waals surface area (Å²) in [5.74, 6) is -0.250. The van der Waals surface area contributed by atoms with Crippen LogP contribution >= 0.6 is 0 Å². The second-order valence-electron chi connectivity index (χ2n) is 10.7. The zero-order valence-electron chi connectivity index (χ0n) is 22.3. The highest BCUT2D eigenvalue weighted by molar-refractivity contribution is 6.03. The minimum absolute atomic E-state index is 0.0677. The number of alkyl halides is 3. The molecule has 3 aromatic rings. The molecular weight excluding hydrogens is 533 g/mol. The van der Waals surface area contributed by atoms with Crippen molar-refractivity contribution in [1.29, 1.82) is 0 Å². The zero-order chi connectivity index (χ0) is 29.2. The van der Waals surface area contributed by atoms with Crippen LogP contribution < -0.4 is 15.4 Å². The lowest BCUT2D eigenvalue weighted by molar-refractivity contribution is -0.137. The van der Waals surface area contributed by atoms with E-state index in [1.165, 1.54) is 24.3 Å². The van der Waals surface area contributed by atoms with Crippen molar-refractivity contribution >= 4 is 28.8 Å². The van der Waals surface area contributed by atoms with Crippen LogP contribution in [0.4, 0.5) is 24.5 Å². The number of carbonyl (C=O) groups is 2. The molecule has 0 bridgehead atoms. The Hall–Kier alpha value is -4.37. The van der Waals surface area contributed by atoms with Crippen molar-refractivity contribution in [3.63, 3.8) is 0 Å². The average molecular weight is 563 g/mol. The van der Waals surface area contributed by atoms with Crippen LogP contribution in [0.25, 0.3) is 5.57 Å². The van der Waals surface area contributed by atoms with E-state index in [1.54, 1.807) is 24.3 Å². The number of aliphatic hydroxyl groups is 1. The lowest BCUT2D eigenvalue weighted by atomic mass is 9.96. The van der Waals surface area contributed by atoms with Gasteiger partial charge in [0.1, 0.15) is 11.9 Å². The summed E-state index contributed by atoms with van der Waals surface area (Å²) in [5, 5.41) is 15.3. The summed E-state index contributed by atoms with van der Waals surface area (Å²) < 4.78 is 45.3. The molecule has 6 nitrogen and oxygen atoms in total. The number of aliphatic hydroxyl groups excluding tert-OH is 1. The third kappa shape index (κ3) is 6.86. The number of rotatable bonds is 8. The van der Waals surface area contributed by atoms with Crippen molar-refractivity contribution in [2.45, 2.75) is 38.5 Å². The Balaban J connectivity index is 1.36. The van der Waals surface area contributed by atoms with Crippen LogP contribution in [0.1, 0.15) is 42.0 Å². The van der Waals surface area contributed by atoms with Gasteiger partial charge in [-0.25, -0.2) is 0 Å². The maximum atomic E-state index is 13.1. The Morgan fingerprint density at radius 2 is 1.73 bits per heavy atom. The van der Waals surface area contributed by atoms with E-state index >= 15 is 0 Å². The lowest BCUT2D eigenvalue weighted by Crippen LogP contribution is -2.34. The third-order valence-electron chi connectivity index (χ3n) is 7.28. The summed E-state index contributed by atoms with van der Waals surface area (Å²) in [4.78, 5) is 24.5. The molecule has 1 saturated carbocycles. The van der Waals surface area contributed by atoms with E-state index in [9.17, 15) is 27.9 Å². The molecule has 1 heterocycles. The summed E-state index contributed by atoms with van der Waals surface area (Å²) in [6.45, 7) is 2.80. The number of ether oxygens (including phenoxy) is 1. The molecule has 2 amide bonds. The number of carbonyl (C=O) groups excluding carboxylic acids is 2. The molecule has 0 saturated heterocycles. The first kappa shape index (κ1) is 28.2. The highest BCUT2D eigenvalue weighted by Gasteiger charge is 2.38. The van der Waals surface area contributed by atoms with E-state index in [4.69, 9.17) is 4.74 Å². The first-order valence-corrected chi connectivity index (χ1v) is 13.2. The van der Waals surface area contributed by atoms with Gasteiger partial charge in [0, 0.05) is 34.9 Å². The molecule has 0 aromatic heterocycles. The summed E-state index contributed by atoms with van der Waals surface area (Å²) in [7, 11) is 0. The van der Waals surface area contributed by atoms with E-state index in [2.05, 4.69) is 17.6 Å². The molecule has 0 spiro atoms. The van der Waals surface area contributed by atoms with Gasteiger partial charge in [-0.3, -0.25) is 9.59 Å². The van der Waals surface area contributed by atoms with Gasteiger partial charge in [0.25, 0.3) is 5.91 Å². The number of fused-ring (bicyclic) bond motifs is 1. The maximum Gasteiger partial charge on any atom is 0.416 e. The predicted molar refractivity (Wildman–Crippen MR) is 150 cm³/mol. The molecule has 3 N–H and O–H groups in total. The van der Waals surface area contributed by atoms with E-state index in [1.807, 2.05) is 24.3 Å². The van der Waals surface area contributed by atoms with Gasteiger partial charge in [-0.15, -0.1) is 0 Å². The number of hydrogen-bond acceptors (Lipinski definition) is 4. The van der Waals surface area contributed by atoms with Crippen molar-refractivity contribution in [1.82, 2.24) is 0 Å². The molecule has 1 unspecified atom stereocenters. The van der Waals surface area contributed by atoms with Crippen LogP contribution in [-0.2, 0) is 22.2 Å². The Kier molecular flexibility index (Phi) is 7.73. The van der Waals surface area contributed by atoms with Crippen molar-refractivity contribution in [2.75, 3.05) is 17.2 Å². The van der Waals surface area contributed by atoms with Gasteiger partial charge in [-0.2, -0.15) is 13.2 Å². The standard InChI is InChI=1S/C32H29F3N2O4/c1-31(16-17-31)19-41-23-14-10-21(11-15-23)24(20-8-12-22(13-9-20)32(33,34)35)4-2-7-29(39)36-26-5-3-6-27-25(26)18-28(38)30(40)37-27/h2-15,28,38H,16-19H2,1H3,(H,36,39)(H,37,40)/b7-2+,24-4-. The molecule has 5 rings (SSSR count). The van der Waals surface area contributed by atoms with Gasteiger partial charge in [-0.1, -0.05) is 49.4 Å². The van der Waals surface area contributed by atoms with Crippen LogP contribution in [-0.4, -0.2) is 29.6 Å². The molecule has 41 heavy (non-hydrogen) atoms. The van der Waals surface area contributed by atoms with E-state index in [0.717, 1.165) is 30.5 Å². The quantitative estimate of drug-likeness (QED) is 0.220. The van der Waals surface area contributed by atoms with Crippen molar-refractivity contribution in [3.05, 3.63) is 107 Å². The van der Waals surface area contributed by atoms with Gasteiger partial charge in [0.2, 0.25) is 5.91 Å². The monoisotopic (exact) mass is 562 g/mol. The van der Waals surface area contributed by atoms with Crippen LogP contribution in [0.2, 0.25) is 0 Å². The number of benzene rings is 3. The molecule has 3 aromatic carbocycles. The SMILES string of the molecule is CC1(COc2ccc(/C(=C\C=C\C(=O)Nc3cccc4c3CC(O)C(=O)N4)c3ccc(C(F)(F)F)cc3)cc2)CC1. The minimum atomic E-state index is -4.45. The second-order valence-corrected chi connectivity index (χ2v) is 10.7. The number of amides is 2. The fourth-order valence-electron chi connectivity index (χ4n) is 4.49. The Labute approximate surface area is 235 Å². The fourth-order valence-corrected chi connectivity index (χ4v) is 4.49. The highest BCUT2D eigenvalue weighted by atomic mass is 19.4. The molecule has 1 aliphatic heterocycles. The topological polar surface area (TPSA) is 87.7 Å². The van der Waals surface area contributed by atoms with E-state index in [-0.39, 0.29) is 11.8 Å². The lowest BCUT2D eigenvalue weighted by Gasteiger charge is -2.23. The van der Waals surface area contributed by atoms with Crippen molar-refractivity contribution < 1.29 is 32.6 Å². The first-order chi connectivity index (χ1) is 19.5. The van der Waals surface area contributed by atoms with Gasteiger partial charge < -0.3 is 20.5 Å². The average Bonchev–Trinajstić information content (AvgIpc) is 3.68. The number of anilines is 2. The number of nitrogens with one attached hydrogen (secondary N) is 2. The van der Waals surface area contributed by atoms with Crippen LogP contribution in [0.3, 0.4) is 0 Å². The van der Waals surface area contributed by atoms with Gasteiger partial charge in [0.05, 0.1) is 12.2 Å². The van der Waals surface area contributed by atoms with Gasteiger partial charge >= 0.3 is 6.18 Å².